The standard InChI is InChI=1S/C22H26F3N3O3/c1-30-19-10-9-17(13-20(19)31-15-22(23,24)25)26-21(29)27-18(14-28-11-5-6-12-28)16-7-3-2-4-8-16/h2-4,7-10,13,18H,5-6,11-12,14-15H2,1H3,(H2,26,27,29). The van der Waals surface area contributed by atoms with E-state index in [2.05, 4.69) is 15.5 Å². The quantitative estimate of drug-likeness (QED) is 0.634. The predicted octanol–water partition coefficient (Wildman–Crippen LogP) is 4.59. The first-order valence-electron chi connectivity index (χ1n) is 10.1. The lowest BCUT2D eigenvalue weighted by molar-refractivity contribution is -0.153. The molecule has 1 saturated heterocycles. The van der Waals surface area contributed by atoms with Gasteiger partial charge in [0.1, 0.15) is 0 Å². The molecule has 0 radical (unpaired) electrons. The minimum Gasteiger partial charge on any atom is -0.493 e. The van der Waals surface area contributed by atoms with Crippen molar-refractivity contribution < 1.29 is 27.4 Å². The van der Waals surface area contributed by atoms with Gasteiger partial charge in [0.05, 0.1) is 13.2 Å². The van der Waals surface area contributed by atoms with Crippen LogP contribution in [0.3, 0.4) is 0 Å². The maximum Gasteiger partial charge on any atom is 0.422 e. The number of rotatable bonds is 8. The number of alkyl halides is 3. The molecule has 1 aliphatic heterocycles. The molecule has 3 rings (SSSR count). The van der Waals surface area contributed by atoms with Gasteiger partial charge in [-0.25, -0.2) is 4.79 Å². The third-order valence-corrected chi connectivity index (χ3v) is 4.96. The van der Waals surface area contributed by atoms with E-state index in [4.69, 9.17) is 9.47 Å². The van der Waals surface area contributed by atoms with Crippen molar-refractivity contribution >= 4 is 11.7 Å². The molecule has 1 fully saturated rings. The van der Waals surface area contributed by atoms with Crippen LogP contribution >= 0.6 is 0 Å². The third kappa shape index (κ3) is 7.06. The Hall–Kier alpha value is -2.94. The van der Waals surface area contributed by atoms with E-state index in [0.717, 1.165) is 31.5 Å². The lowest BCUT2D eigenvalue weighted by Gasteiger charge is -2.25. The van der Waals surface area contributed by atoms with E-state index < -0.39 is 18.8 Å². The number of urea groups is 1. The predicted molar refractivity (Wildman–Crippen MR) is 112 cm³/mol. The fourth-order valence-electron chi connectivity index (χ4n) is 3.50. The SMILES string of the molecule is COc1ccc(NC(=O)NC(CN2CCCC2)c2ccccc2)cc1OCC(F)(F)F. The van der Waals surface area contributed by atoms with Crippen molar-refractivity contribution in [2.75, 3.05) is 38.7 Å². The van der Waals surface area contributed by atoms with Crippen LogP contribution < -0.4 is 20.1 Å². The lowest BCUT2D eigenvalue weighted by atomic mass is 10.1. The summed E-state index contributed by atoms with van der Waals surface area (Å²) in [5.41, 5.74) is 1.27. The van der Waals surface area contributed by atoms with Crippen LogP contribution in [0, 0.1) is 0 Å². The Kier molecular flexibility index (Phi) is 7.62. The molecule has 0 aliphatic carbocycles. The van der Waals surface area contributed by atoms with E-state index in [1.54, 1.807) is 0 Å². The van der Waals surface area contributed by atoms with Crippen molar-refractivity contribution in [2.45, 2.75) is 25.1 Å². The zero-order valence-electron chi connectivity index (χ0n) is 17.2. The Labute approximate surface area is 179 Å². The highest BCUT2D eigenvalue weighted by Crippen LogP contribution is 2.31. The van der Waals surface area contributed by atoms with Gasteiger partial charge in [0, 0.05) is 18.3 Å². The smallest absolute Gasteiger partial charge is 0.422 e. The fraction of sp³-hybridized carbons (Fsp3) is 0.409. The first-order valence-corrected chi connectivity index (χ1v) is 10.1. The molecule has 0 spiro atoms. The van der Waals surface area contributed by atoms with Gasteiger partial charge in [-0.05, 0) is 43.6 Å². The van der Waals surface area contributed by atoms with Crippen molar-refractivity contribution in [1.82, 2.24) is 10.2 Å². The number of anilines is 1. The molecule has 2 aromatic rings. The van der Waals surface area contributed by atoms with E-state index in [-0.39, 0.29) is 17.5 Å². The summed E-state index contributed by atoms with van der Waals surface area (Å²) in [6.07, 6.45) is -2.20. The van der Waals surface area contributed by atoms with E-state index in [1.807, 2.05) is 30.3 Å². The molecule has 0 saturated carbocycles. The van der Waals surface area contributed by atoms with Gasteiger partial charge in [-0.2, -0.15) is 13.2 Å². The molecule has 2 aromatic carbocycles. The molecule has 2 N–H and O–H groups in total. The third-order valence-electron chi connectivity index (χ3n) is 4.96. The van der Waals surface area contributed by atoms with Crippen LogP contribution in [0.1, 0.15) is 24.4 Å². The maximum absolute atomic E-state index is 12.7. The lowest BCUT2D eigenvalue weighted by Crippen LogP contribution is -2.39. The highest BCUT2D eigenvalue weighted by atomic mass is 19.4. The van der Waals surface area contributed by atoms with Gasteiger partial charge < -0.3 is 25.0 Å². The Morgan fingerprint density at radius 1 is 1.10 bits per heavy atom. The van der Waals surface area contributed by atoms with E-state index >= 15 is 0 Å². The molecule has 1 heterocycles. The Bertz CT molecular complexity index is 856. The number of ether oxygens (including phenoxy) is 2. The minimum absolute atomic E-state index is 0.102. The van der Waals surface area contributed by atoms with E-state index in [0.29, 0.717) is 12.2 Å². The highest BCUT2D eigenvalue weighted by Gasteiger charge is 2.29. The number of likely N-dealkylation sites (tertiary alicyclic amines) is 1. The molecule has 1 unspecified atom stereocenters. The number of nitrogens with one attached hydrogen (secondary N) is 2. The summed E-state index contributed by atoms with van der Waals surface area (Å²) in [7, 11) is 1.33. The summed E-state index contributed by atoms with van der Waals surface area (Å²) in [4.78, 5) is 15.0. The van der Waals surface area contributed by atoms with Gasteiger partial charge in [0.15, 0.2) is 18.1 Å². The van der Waals surface area contributed by atoms with Gasteiger partial charge in [0.2, 0.25) is 0 Å². The number of nitrogens with zero attached hydrogens (tertiary/aromatic N) is 1. The largest absolute Gasteiger partial charge is 0.493 e. The number of carbonyl (C=O) groups excluding carboxylic acids is 1. The molecule has 0 aromatic heterocycles. The van der Waals surface area contributed by atoms with Crippen molar-refractivity contribution in [3.8, 4) is 11.5 Å². The molecule has 9 heteroatoms. The zero-order valence-corrected chi connectivity index (χ0v) is 17.2. The summed E-state index contributed by atoms with van der Waals surface area (Å²) in [6, 6.07) is 13.3. The van der Waals surface area contributed by atoms with Gasteiger partial charge in [0.25, 0.3) is 0 Å². The molecule has 31 heavy (non-hydrogen) atoms. The second kappa shape index (κ2) is 10.4. The van der Waals surface area contributed by atoms with Gasteiger partial charge in [-0.15, -0.1) is 0 Å². The first kappa shape index (κ1) is 22.7. The van der Waals surface area contributed by atoms with Gasteiger partial charge in [-0.1, -0.05) is 30.3 Å². The summed E-state index contributed by atoms with van der Waals surface area (Å²) in [5.74, 6) is 0.0423. The molecule has 1 atom stereocenters. The van der Waals surface area contributed by atoms with Crippen LogP contribution in [0.15, 0.2) is 48.5 Å². The maximum atomic E-state index is 12.7. The minimum atomic E-state index is -4.48. The monoisotopic (exact) mass is 437 g/mol. The number of hydrogen-bond acceptors (Lipinski definition) is 4. The summed E-state index contributed by atoms with van der Waals surface area (Å²) in [6.45, 7) is 1.21. The Morgan fingerprint density at radius 2 is 1.81 bits per heavy atom. The molecule has 0 bridgehead atoms. The van der Waals surface area contributed by atoms with E-state index in [9.17, 15) is 18.0 Å². The summed E-state index contributed by atoms with van der Waals surface area (Å²) in [5, 5.41) is 5.64. The zero-order chi connectivity index (χ0) is 22.3. The fourth-order valence-corrected chi connectivity index (χ4v) is 3.50. The van der Waals surface area contributed by atoms with Gasteiger partial charge >= 0.3 is 12.2 Å². The van der Waals surface area contributed by atoms with Crippen molar-refractivity contribution in [3.63, 3.8) is 0 Å². The molecular formula is C22H26F3N3O3. The van der Waals surface area contributed by atoms with Crippen LogP contribution in [0.4, 0.5) is 23.7 Å². The number of methoxy groups -OCH3 is 1. The summed E-state index contributed by atoms with van der Waals surface area (Å²) >= 11 is 0. The van der Waals surface area contributed by atoms with Crippen LogP contribution in [0.25, 0.3) is 0 Å². The Balaban J connectivity index is 1.68. The normalized spacial score (nSPS) is 15.4. The first-order chi connectivity index (χ1) is 14.8. The van der Waals surface area contributed by atoms with Gasteiger partial charge in [-0.3, -0.25) is 0 Å². The molecule has 2 amide bonds. The second-order valence-electron chi connectivity index (χ2n) is 7.34. The number of hydrogen-bond donors (Lipinski definition) is 2. The number of benzene rings is 2. The number of halogens is 3. The van der Waals surface area contributed by atoms with E-state index in [1.165, 1.54) is 25.3 Å². The van der Waals surface area contributed by atoms with Crippen LogP contribution in [0.2, 0.25) is 0 Å². The average Bonchev–Trinajstić information content (AvgIpc) is 3.25. The molecular weight excluding hydrogens is 411 g/mol. The van der Waals surface area contributed by atoms with Crippen molar-refractivity contribution in [3.05, 3.63) is 54.1 Å². The average molecular weight is 437 g/mol. The highest BCUT2D eigenvalue weighted by molar-refractivity contribution is 5.90. The topological polar surface area (TPSA) is 62.8 Å². The second-order valence-corrected chi connectivity index (χ2v) is 7.34. The van der Waals surface area contributed by atoms with Crippen molar-refractivity contribution in [2.24, 2.45) is 0 Å². The number of carbonyl (C=O) groups is 1. The molecule has 1 aliphatic rings. The number of amides is 2. The molecule has 168 valence electrons. The van der Waals surface area contributed by atoms with Crippen LogP contribution in [-0.4, -0.2) is 50.5 Å². The van der Waals surface area contributed by atoms with Crippen LogP contribution in [-0.2, 0) is 0 Å². The molecule has 6 nitrogen and oxygen atoms in total. The summed E-state index contributed by atoms with van der Waals surface area (Å²) < 4.78 is 47.4. The van der Waals surface area contributed by atoms with Crippen LogP contribution in [0.5, 0.6) is 11.5 Å². The Morgan fingerprint density at radius 3 is 2.45 bits per heavy atom. The van der Waals surface area contributed by atoms with Crippen molar-refractivity contribution in [1.29, 1.82) is 0 Å².